The van der Waals surface area contributed by atoms with Crippen LogP contribution in [0, 0.1) is 0 Å². The topological polar surface area (TPSA) is 46.5 Å². The fourth-order valence-corrected chi connectivity index (χ4v) is 1.42. The summed E-state index contributed by atoms with van der Waals surface area (Å²) in [5, 5.41) is 9.37. The van der Waals surface area contributed by atoms with Crippen LogP contribution in [-0.2, 0) is 4.74 Å². The maximum Gasteiger partial charge on any atom is 0.342 e. The van der Waals surface area contributed by atoms with Crippen LogP contribution in [0.15, 0.2) is 24.3 Å². The second-order valence-corrected chi connectivity index (χ2v) is 3.47. The van der Waals surface area contributed by atoms with Crippen LogP contribution in [0.3, 0.4) is 0 Å². The second-order valence-electron chi connectivity index (χ2n) is 2.85. The van der Waals surface area contributed by atoms with Crippen LogP contribution in [0.5, 0.6) is 5.75 Å². The summed E-state index contributed by atoms with van der Waals surface area (Å²) >= 11 is 11.0. The summed E-state index contributed by atoms with van der Waals surface area (Å²) in [4.78, 5) is 11.5. The summed E-state index contributed by atoms with van der Waals surface area (Å²) in [5.74, 6) is -0.490. The van der Waals surface area contributed by atoms with Crippen molar-refractivity contribution in [3.8, 4) is 5.75 Å². The van der Waals surface area contributed by atoms with Gasteiger partial charge in [-0.25, -0.2) is 4.79 Å². The average molecular weight is 249 g/mol. The van der Waals surface area contributed by atoms with E-state index >= 15 is 0 Å². The first-order valence-corrected chi connectivity index (χ1v) is 5.36. The van der Waals surface area contributed by atoms with Gasteiger partial charge in [0.1, 0.15) is 17.4 Å². The van der Waals surface area contributed by atoms with Gasteiger partial charge in [-0.2, -0.15) is 0 Å². The molecule has 3 nitrogen and oxygen atoms in total. The quantitative estimate of drug-likeness (QED) is 0.658. The molecular weight excluding hydrogens is 239 g/mol. The van der Waals surface area contributed by atoms with E-state index in [0.29, 0.717) is 0 Å². The molecule has 0 amide bonds. The Balaban J connectivity index is 2.73. The summed E-state index contributed by atoms with van der Waals surface area (Å²) in [6.45, 7) is 0. The second kappa shape index (κ2) is 5.83. The lowest BCUT2D eigenvalue weighted by atomic mass is 10.2. The molecule has 0 heterocycles. The maximum atomic E-state index is 11.5. The molecule has 0 aliphatic rings. The molecule has 82 valence electrons. The third kappa shape index (κ3) is 3.29. The normalized spacial score (nSPS) is 10.3. The summed E-state index contributed by atoms with van der Waals surface area (Å²) in [6.07, 6.45) is -0.541. The molecule has 1 aromatic rings. The van der Waals surface area contributed by atoms with Gasteiger partial charge in [-0.15, -0.1) is 23.2 Å². The highest BCUT2D eigenvalue weighted by molar-refractivity contribution is 6.21. The Hall–Kier alpha value is -0.930. The van der Waals surface area contributed by atoms with Gasteiger partial charge in [0.15, 0.2) is 0 Å². The van der Waals surface area contributed by atoms with E-state index < -0.39 is 12.1 Å². The van der Waals surface area contributed by atoms with Crippen molar-refractivity contribution in [2.45, 2.75) is 6.10 Å². The average Bonchev–Trinajstić information content (AvgIpc) is 2.26. The highest BCUT2D eigenvalue weighted by Crippen LogP contribution is 2.17. The van der Waals surface area contributed by atoms with Crippen LogP contribution < -0.4 is 0 Å². The summed E-state index contributed by atoms with van der Waals surface area (Å²) in [6, 6.07) is 6.13. The number of phenols is 1. The molecule has 1 aromatic carbocycles. The van der Waals surface area contributed by atoms with Crippen molar-refractivity contribution in [2.75, 3.05) is 11.8 Å². The molecule has 15 heavy (non-hydrogen) atoms. The van der Waals surface area contributed by atoms with Crippen LogP contribution in [0.4, 0.5) is 0 Å². The van der Waals surface area contributed by atoms with Crippen molar-refractivity contribution in [3.63, 3.8) is 0 Å². The molecule has 0 aliphatic heterocycles. The van der Waals surface area contributed by atoms with E-state index in [2.05, 4.69) is 0 Å². The number of para-hydroxylation sites is 1. The molecule has 5 heteroatoms. The summed E-state index contributed by atoms with van der Waals surface area (Å²) in [5.41, 5.74) is 0.109. The first kappa shape index (κ1) is 12.1. The molecule has 0 saturated carbocycles. The first-order chi connectivity index (χ1) is 7.19. The Labute approximate surface area is 97.6 Å². The fraction of sp³-hybridized carbons (Fsp3) is 0.300. The van der Waals surface area contributed by atoms with Crippen LogP contribution in [0.1, 0.15) is 10.4 Å². The van der Waals surface area contributed by atoms with Crippen molar-refractivity contribution in [1.82, 2.24) is 0 Å². The van der Waals surface area contributed by atoms with Crippen molar-refractivity contribution < 1.29 is 14.6 Å². The van der Waals surface area contributed by atoms with Gasteiger partial charge >= 0.3 is 5.97 Å². The number of esters is 1. The molecule has 1 N–H and O–H groups in total. The number of aromatic hydroxyl groups is 1. The van der Waals surface area contributed by atoms with E-state index in [-0.39, 0.29) is 23.1 Å². The number of benzene rings is 1. The van der Waals surface area contributed by atoms with Crippen LogP contribution in [-0.4, -0.2) is 28.9 Å². The molecule has 0 atom stereocenters. The third-order valence-corrected chi connectivity index (χ3v) is 2.43. The Kier molecular flexibility index (Phi) is 4.72. The summed E-state index contributed by atoms with van der Waals surface area (Å²) < 4.78 is 4.95. The molecule has 0 fully saturated rings. The first-order valence-electron chi connectivity index (χ1n) is 4.30. The Morgan fingerprint density at radius 3 is 2.47 bits per heavy atom. The minimum absolute atomic E-state index is 0.109. The number of phenolic OH excluding ortho intramolecular Hbond substituents is 1. The largest absolute Gasteiger partial charge is 0.507 e. The van der Waals surface area contributed by atoms with Crippen molar-refractivity contribution in [3.05, 3.63) is 29.8 Å². The number of ether oxygens (including phenoxy) is 1. The van der Waals surface area contributed by atoms with Crippen LogP contribution >= 0.6 is 23.2 Å². The zero-order chi connectivity index (χ0) is 11.3. The standard InChI is InChI=1S/C10H10Cl2O3/c11-5-7(6-12)15-10(14)8-3-1-2-4-9(8)13/h1-4,7,13H,5-6H2. The molecular formula is C10H10Cl2O3. The van der Waals surface area contributed by atoms with Gasteiger partial charge in [-0.1, -0.05) is 12.1 Å². The van der Waals surface area contributed by atoms with Gasteiger partial charge in [-0.3, -0.25) is 0 Å². The van der Waals surface area contributed by atoms with Crippen molar-refractivity contribution >= 4 is 29.2 Å². The highest BCUT2D eigenvalue weighted by atomic mass is 35.5. The smallest absolute Gasteiger partial charge is 0.342 e. The minimum Gasteiger partial charge on any atom is -0.507 e. The lowest BCUT2D eigenvalue weighted by molar-refractivity contribution is 0.0386. The third-order valence-electron chi connectivity index (χ3n) is 1.74. The van der Waals surface area contributed by atoms with Gasteiger partial charge in [-0.05, 0) is 12.1 Å². The molecule has 0 radical (unpaired) electrons. The van der Waals surface area contributed by atoms with E-state index in [9.17, 15) is 9.90 Å². The molecule has 0 aliphatic carbocycles. The number of rotatable bonds is 4. The zero-order valence-electron chi connectivity index (χ0n) is 7.82. The lowest BCUT2D eigenvalue weighted by Crippen LogP contribution is -2.21. The van der Waals surface area contributed by atoms with Crippen molar-refractivity contribution in [2.24, 2.45) is 0 Å². The number of halogens is 2. The number of hydrogen-bond acceptors (Lipinski definition) is 3. The minimum atomic E-state index is -0.626. The predicted octanol–water partition coefficient (Wildman–Crippen LogP) is 2.40. The molecule has 0 aromatic heterocycles. The highest BCUT2D eigenvalue weighted by Gasteiger charge is 2.16. The van der Waals surface area contributed by atoms with Gasteiger partial charge in [0.05, 0.1) is 11.8 Å². The van der Waals surface area contributed by atoms with E-state index in [1.807, 2.05) is 0 Å². The van der Waals surface area contributed by atoms with E-state index in [0.717, 1.165) is 0 Å². The van der Waals surface area contributed by atoms with Gasteiger partial charge in [0, 0.05) is 0 Å². The number of hydrogen-bond donors (Lipinski definition) is 1. The molecule has 0 unspecified atom stereocenters. The van der Waals surface area contributed by atoms with Crippen LogP contribution in [0.25, 0.3) is 0 Å². The van der Waals surface area contributed by atoms with Gasteiger partial charge in [0.25, 0.3) is 0 Å². The van der Waals surface area contributed by atoms with E-state index in [1.165, 1.54) is 12.1 Å². The molecule has 0 saturated heterocycles. The van der Waals surface area contributed by atoms with Gasteiger partial charge in [0.2, 0.25) is 0 Å². The number of alkyl halides is 2. The Morgan fingerprint density at radius 1 is 1.33 bits per heavy atom. The number of carbonyl (C=O) groups excluding carboxylic acids is 1. The molecule has 0 bridgehead atoms. The maximum absolute atomic E-state index is 11.5. The SMILES string of the molecule is O=C(OC(CCl)CCl)c1ccccc1O. The zero-order valence-corrected chi connectivity index (χ0v) is 9.33. The van der Waals surface area contributed by atoms with Crippen LogP contribution in [0.2, 0.25) is 0 Å². The van der Waals surface area contributed by atoms with Crippen molar-refractivity contribution in [1.29, 1.82) is 0 Å². The summed E-state index contributed by atoms with van der Waals surface area (Å²) in [7, 11) is 0. The lowest BCUT2D eigenvalue weighted by Gasteiger charge is -2.12. The molecule has 0 spiro atoms. The van der Waals surface area contributed by atoms with E-state index in [1.54, 1.807) is 12.1 Å². The Bertz CT molecular complexity index is 337. The fourth-order valence-electron chi connectivity index (χ4n) is 0.965. The van der Waals surface area contributed by atoms with E-state index in [4.69, 9.17) is 27.9 Å². The Morgan fingerprint density at radius 2 is 1.93 bits per heavy atom. The molecule has 1 rings (SSSR count). The predicted molar refractivity (Wildman–Crippen MR) is 58.8 cm³/mol. The number of carbonyl (C=O) groups is 1. The monoisotopic (exact) mass is 248 g/mol. The van der Waals surface area contributed by atoms with Gasteiger partial charge < -0.3 is 9.84 Å².